The number of hydrogen-bond donors (Lipinski definition) is 1. The Morgan fingerprint density at radius 1 is 1.33 bits per heavy atom. The first kappa shape index (κ1) is 19.6. The van der Waals surface area contributed by atoms with Gasteiger partial charge >= 0.3 is 0 Å². The predicted octanol–water partition coefficient (Wildman–Crippen LogP) is 5.03. The van der Waals surface area contributed by atoms with Crippen LogP contribution >= 0.6 is 23.1 Å². The van der Waals surface area contributed by atoms with Gasteiger partial charge < -0.3 is 9.88 Å². The molecule has 2 heterocycles. The average Bonchev–Trinajstić information content (AvgIpc) is 3.16. The number of carbonyl (C=O) groups is 1. The number of imidazole rings is 1. The fourth-order valence-corrected chi connectivity index (χ4v) is 4.23. The van der Waals surface area contributed by atoms with E-state index in [9.17, 15) is 9.18 Å². The van der Waals surface area contributed by atoms with Crippen LogP contribution in [0.4, 0.5) is 10.1 Å². The van der Waals surface area contributed by atoms with Gasteiger partial charge in [0, 0.05) is 29.8 Å². The summed E-state index contributed by atoms with van der Waals surface area (Å²) in [5.41, 5.74) is 0.960. The zero-order valence-corrected chi connectivity index (χ0v) is 17.5. The number of nitrogens with one attached hydrogen (secondary N) is 1. The Morgan fingerprint density at radius 2 is 2.07 bits per heavy atom. The lowest BCUT2D eigenvalue weighted by Crippen LogP contribution is -2.12. The van der Waals surface area contributed by atoms with E-state index >= 15 is 0 Å². The fraction of sp³-hybridized carbons (Fsp3) is 0.316. The van der Waals surface area contributed by atoms with Crippen molar-refractivity contribution in [3.8, 4) is 0 Å². The molecule has 0 atom stereocenters. The van der Waals surface area contributed by atoms with E-state index in [-0.39, 0.29) is 11.3 Å². The van der Waals surface area contributed by atoms with Crippen LogP contribution in [0.5, 0.6) is 0 Å². The lowest BCUT2D eigenvalue weighted by molar-refractivity contribution is 0.102. The van der Waals surface area contributed by atoms with Gasteiger partial charge in [0.05, 0.1) is 16.4 Å². The third kappa shape index (κ3) is 4.39. The molecule has 0 saturated heterocycles. The Labute approximate surface area is 166 Å². The first-order chi connectivity index (χ1) is 12.6. The molecule has 0 fully saturated rings. The third-order valence-electron chi connectivity index (χ3n) is 3.81. The van der Waals surface area contributed by atoms with Crippen molar-refractivity contribution in [2.75, 3.05) is 5.32 Å². The van der Waals surface area contributed by atoms with E-state index in [0.29, 0.717) is 16.3 Å². The second-order valence-electron chi connectivity index (χ2n) is 7.20. The van der Waals surface area contributed by atoms with Gasteiger partial charge in [-0.1, -0.05) is 20.8 Å². The summed E-state index contributed by atoms with van der Waals surface area (Å²) in [7, 11) is 1.88. The maximum atomic E-state index is 13.8. The molecule has 0 saturated carbocycles. The molecule has 2 aromatic heterocycles. The largest absolute Gasteiger partial charge is 0.329 e. The number of aromatic nitrogens is 3. The first-order valence-corrected chi connectivity index (χ1v) is 10.0. The number of rotatable bonds is 4. The van der Waals surface area contributed by atoms with Gasteiger partial charge in [-0.25, -0.2) is 14.4 Å². The van der Waals surface area contributed by atoms with Crippen LogP contribution in [0.1, 0.15) is 41.1 Å². The highest BCUT2D eigenvalue weighted by Crippen LogP contribution is 2.34. The maximum Gasteiger partial charge on any atom is 0.267 e. The second-order valence-corrected chi connectivity index (χ2v) is 9.21. The maximum absolute atomic E-state index is 13.8. The zero-order valence-electron chi connectivity index (χ0n) is 15.8. The molecular weight excluding hydrogens is 383 g/mol. The van der Waals surface area contributed by atoms with Crippen molar-refractivity contribution in [3.05, 3.63) is 52.0 Å². The molecule has 8 heteroatoms. The molecule has 0 spiro atoms. The highest BCUT2D eigenvalue weighted by Gasteiger charge is 2.23. The topological polar surface area (TPSA) is 59.8 Å². The smallest absolute Gasteiger partial charge is 0.267 e. The number of hydrogen-bond acceptors (Lipinski definition) is 5. The molecule has 0 aliphatic rings. The van der Waals surface area contributed by atoms with Gasteiger partial charge in [-0.2, -0.15) is 0 Å². The summed E-state index contributed by atoms with van der Waals surface area (Å²) in [5.74, 6) is -0.696. The summed E-state index contributed by atoms with van der Waals surface area (Å²) in [6.07, 6.45) is 3.53. The van der Waals surface area contributed by atoms with Crippen molar-refractivity contribution in [3.63, 3.8) is 0 Å². The minimum atomic E-state index is -0.411. The van der Waals surface area contributed by atoms with Crippen LogP contribution in [0, 0.1) is 12.7 Å². The number of carbonyl (C=O) groups excluding carboxylic acids is 1. The van der Waals surface area contributed by atoms with Gasteiger partial charge in [-0.3, -0.25) is 4.79 Å². The van der Waals surface area contributed by atoms with E-state index in [1.54, 1.807) is 12.3 Å². The van der Waals surface area contributed by atoms with Crippen molar-refractivity contribution in [2.24, 2.45) is 7.05 Å². The van der Waals surface area contributed by atoms with Crippen molar-refractivity contribution in [1.82, 2.24) is 14.5 Å². The number of aryl methyl sites for hydroxylation is 2. The molecule has 27 heavy (non-hydrogen) atoms. The van der Waals surface area contributed by atoms with E-state index in [0.717, 1.165) is 15.1 Å². The summed E-state index contributed by atoms with van der Waals surface area (Å²) in [4.78, 5) is 22.9. The van der Waals surface area contributed by atoms with Crippen LogP contribution in [-0.2, 0) is 12.5 Å². The number of anilines is 1. The van der Waals surface area contributed by atoms with Crippen LogP contribution in [0.2, 0.25) is 0 Å². The van der Waals surface area contributed by atoms with E-state index in [2.05, 4.69) is 36.1 Å². The first-order valence-electron chi connectivity index (χ1n) is 8.39. The molecule has 3 rings (SSSR count). The SMILES string of the molecule is Cc1nc(C(C)(C)C)sc1C(=O)Nc1cc(F)ccc1Sc1nccn1C. The van der Waals surface area contributed by atoms with E-state index in [4.69, 9.17) is 0 Å². The predicted molar refractivity (Wildman–Crippen MR) is 107 cm³/mol. The van der Waals surface area contributed by atoms with Gasteiger partial charge in [0.15, 0.2) is 5.16 Å². The Balaban J connectivity index is 1.89. The minimum Gasteiger partial charge on any atom is -0.329 e. The monoisotopic (exact) mass is 404 g/mol. The number of halogens is 1. The molecule has 142 valence electrons. The van der Waals surface area contributed by atoms with Gasteiger partial charge in [-0.05, 0) is 36.9 Å². The Hall–Kier alpha value is -2.19. The molecular formula is C19H21FN4OS2. The summed E-state index contributed by atoms with van der Waals surface area (Å²) in [5, 5.41) is 4.49. The Bertz CT molecular complexity index is 988. The van der Waals surface area contributed by atoms with Gasteiger partial charge in [0.1, 0.15) is 10.7 Å². The van der Waals surface area contributed by atoms with Crippen LogP contribution < -0.4 is 5.32 Å². The molecule has 1 amide bonds. The number of benzene rings is 1. The van der Waals surface area contributed by atoms with Crippen molar-refractivity contribution >= 4 is 34.7 Å². The number of thiazole rings is 1. The zero-order chi connectivity index (χ0) is 19.8. The van der Waals surface area contributed by atoms with Crippen LogP contribution in [0.3, 0.4) is 0 Å². The lowest BCUT2D eigenvalue weighted by atomic mass is 9.98. The lowest BCUT2D eigenvalue weighted by Gasteiger charge is -2.13. The van der Waals surface area contributed by atoms with Crippen molar-refractivity contribution in [2.45, 2.75) is 43.2 Å². The summed E-state index contributed by atoms with van der Waals surface area (Å²) >= 11 is 2.74. The Morgan fingerprint density at radius 3 is 2.67 bits per heavy atom. The molecule has 3 aromatic rings. The summed E-state index contributed by atoms with van der Waals surface area (Å²) in [6.45, 7) is 7.99. The third-order valence-corrected chi connectivity index (χ3v) is 6.55. The number of amides is 1. The van der Waals surface area contributed by atoms with Gasteiger partial charge in [0.25, 0.3) is 5.91 Å². The van der Waals surface area contributed by atoms with Gasteiger partial charge in [0.2, 0.25) is 0 Å². The van der Waals surface area contributed by atoms with Crippen LogP contribution in [0.15, 0.2) is 40.6 Å². The molecule has 0 bridgehead atoms. The highest BCUT2D eigenvalue weighted by molar-refractivity contribution is 7.99. The molecule has 0 unspecified atom stereocenters. The second kappa shape index (κ2) is 7.44. The van der Waals surface area contributed by atoms with Gasteiger partial charge in [-0.15, -0.1) is 11.3 Å². The van der Waals surface area contributed by atoms with Crippen LogP contribution in [0.25, 0.3) is 0 Å². The molecule has 1 N–H and O–H groups in total. The summed E-state index contributed by atoms with van der Waals surface area (Å²) in [6, 6.07) is 4.34. The molecule has 0 aliphatic carbocycles. The normalized spacial score (nSPS) is 11.6. The minimum absolute atomic E-state index is 0.133. The molecule has 0 aliphatic heterocycles. The van der Waals surface area contributed by atoms with E-state index in [1.165, 1.54) is 35.2 Å². The molecule has 0 radical (unpaired) electrons. The fourth-order valence-electron chi connectivity index (χ4n) is 2.34. The molecule has 1 aromatic carbocycles. The van der Waals surface area contributed by atoms with Crippen LogP contribution in [-0.4, -0.2) is 20.4 Å². The quantitative estimate of drug-likeness (QED) is 0.663. The van der Waals surface area contributed by atoms with Crippen molar-refractivity contribution < 1.29 is 9.18 Å². The standard InChI is InChI=1S/C19H21FN4OS2/c1-11-15(27-17(22-11)19(2,3)4)16(25)23-13-10-12(20)6-7-14(13)26-18-21-8-9-24(18)5/h6-10H,1-5H3,(H,23,25). The number of nitrogens with zero attached hydrogens (tertiary/aromatic N) is 3. The highest BCUT2D eigenvalue weighted by atomic mass is 32.2. The van der Waals surface area contributed by atoms with Crippen molar-refractivity contribution in [1.29, 1.82) is 0 Å². The van der Waals surface area contributed by atoms with E-state index in [1.807, 2.05) is 24.7 Å². The Kier molecular flexibility index (Phi) is 5.39. The summed E-state index contributed by atoms with van der Waals surface area (Å²) < 4.78 is 15.7. The average molecular weight is 405 g/mol. The van der Waals surface area contributed by atoms with E-state index < -0.39 is 5.82 Å². The molecule has 5 nitrogen and oxygen atoms in total.